The molecule has 0 aliphatic carbocycles. The lowest BCUT2D eigenvalue weighted by Gasteiger charge is -2.38. The first-order valence-corrected chi connectivity index (χ1v) is 6.13. The Balaban J connectivity index is 1.94. The van der Waals surface area contributed by atoms with Crippen molar-refractivity contribution in [2.75, 3.05) is 13.1 Å². The highest BCUT2D eigenvalue weighted by Crippen LogP contribution is 2.34. The number of aromatic amines is 1. The van der Waals surface area contributed by atoms with Gasteiger partial charge in [-0.05, 0) is 24.2 Å². The first kappa shape index (κ1) is 12.1. The molecule has 1 fully saturated rings. The highest BCUT2D eigenvalue weighted by Gasteiger charge is 2.31. The molecule has 2 rings (SSSR count). The fraction of sp³-hybridized carbons (Fsp3) is 0.750. The fourth-order valence-electron chi connectivity index (χ4n) is 2.42. The van der Waals surface area contributed by atoms with Gasteiger partial charge in [-0.3, -0.25) is 4.79 Å². The molecular formula is C12H20N4O. The average Bonchev–Trinajstić information content (AvgIpc) is 2.80. The summed E-state index contributed by atoms with van der Waals surface area (Å²) in [6, 6.07) is 0. The highest BCUT2D eigenvalue weighted by molar-refractivity contribution is 5.91. The number of carbonyl (C=O) groups excluding carboxylic acids is 1. The monoisotopic (exact) mass is 236 g/mol. The average molecular weight is 236 g/mol. The van der Waals surface area contributed by atoms with Crippen LogP contribution in [0.5, 0.6) is 0 Å². The van der Waals surface area contributed by atoms with Crippen LogP contribution in [0, 0.1) is 11.3 Å². The number of likely N-dealkylation sites (tertiary alicyclic amines) is 1. The summed E-state index contributed by atoms with van der Waals surface area (Å²) in [5.41, 5.74) is 0.752. The van der Waals surface area contributed by atoms with Crippen molar-refractivity contribution in [3.63, 3.8) is 0 Å². The molecule has 1 aliphatic rings. The molecule has 0 unspecified atom stereocenters. The Morgan fingerprint density at radius 2 is 2.06 bits per heavy atom. The quantitative estimate of drug-likeness (QED) is 0.807. The second-order valence-electron chi connectivity index (χ2n) is 5.79. The molecular weight excluding hydrogens is 216 g/mol. The zero-order valence-corrected chi connectivity index (χ0v) is 10.7. The lowest BCUT2D eigenvalue weighted by Crippen LogP contribution is -2.41. The van der Waals surface area contributed by atoms with Gasteiger partial charge in [0.15, 0.2) is 5.69 Å². The van der Waals surface area contributed by atoms with Gasteiger partial charge in [0.05, 0.1) is 6.20 Å². The van der Waals surface area contributed by atoms with E-state index in [1.165, 1.54) is 6.20 Å². The van der Waals surface area contributed by atoms with E-state index in [4.69, 9.17) is 0 Å². The Labute approximate surface area is 102 Å². The van der Waals surface area contributed by atoms with E-state index < -0.39 is 0 Å². The molecule has 0 radical (unpaired) electrons. The van der Waals surface area contributed by atoms with Crippen molar-refractivity contribution in [2.45, 2.75) is 33.6 Å². The van der Waals surface area contributed by atoms with Crippen molar-refractivity contribution in [1.29, 1.82) is 0 Å². The summed E-state index contributed by atoms with van der Waals surface area (Å²) in [6.07, 6.45) is 3.64. The van der Waals surface area contributed by atoms with Gasteiger partial charge >= 0.3 is 0 Å². The first-order valence-electron chi connectivity index (χ1n) is 6.13. The molecule has 1 aromatic heterocycles. The maximum absolute atomic E-state index is 12.0. The van der Waals surface area contributed by atoms with Crippen molar-refractivity contribution < 1.29 is 4.79 Å². The Morgan fingerprint density at radius 1 is 1.41 bits per heavy atom. The summed E-state index contributed by atoms with van der Waals surface area (Å²) in [7, 11) is 0. The molecule has 1 saturated heterocycles. The van der Waals surface area contributed by atoms with Crippen molar-refractivity contribution >= 4 is 5.91 Å². The van der Waals surface area contributed by atoms with E-state index in [0.717, 1.165) is 25.9 Å². The number of hydrogen-bond donors (Lipinski definition) is 1. The van der Waals surface area contributed by atoms with E-state index in [-0.39, 0.29) is 5.91 Å². The van der Waals surface area contributed by atoms with Crippen molar-refractivity contribution in [1.82, 2.24) is 20.3 Å². The van der Waals surface area contributed by atoms with Gasteiger partial charge in [-0.1, -0.05) is 20.8 Å². The molecule has 1 amide bonds. The van der Waals surface area contributed by atoms with Gasteiger partial charge in [-0.15, -0.1) is 0 Å². The predicted molar refractivity (Wildman–Crippen MR) is 64.5 cm³/mol. The molecule has 0 aromatic carbocycles. The number of H-pyrrole nitrogens is 1. The summed E-state index contributed by atoms with van der Waals surface area (Å²) < 4.78 is 0. The number of carbonyl (C=O) groups is 1. The topological polar surface area (TPSA) is 61.9 Å². The van der Waals surface area contributed by atoms with Crippen LogP contribution in [0.1, 0.15) is 44.1 Å². The Kier molecular flexibility index (Phi) is 3.17. The number of nitrogens with zero attached hydrogens (tertiary/aromatic N) is 3. The molecule has 5 nitrogen and oxygen atoms in total. The lowest BCUT2D eigenvalue weighted by molar-refractivity contribution is 0.0603. The smallest absolute Gasteiger partial charge is 0.276 e. The van der Waals surface area contributed by atoms with Crippen molar-refractivity contribution in [2.24, 2.45) is 11.3 Å². The number of aromatic nitrogens is 3. The van der Waals surface area contributed by atoms with Gasteiger partial charge in [-0.25, -0.2) is 0 Å². The summed E-state index contributed by atoms with van der Waals surface area (Å²) in [6.45, 7) is 8.47. The van der Waals surface area contributed by atoms with Gasteiger partial charge in [0, 0.05) is 13.1 Å². The Bertz CT molecular complexity index is 372. The molecule has 0 saturated carbocycles. The van der Waals surface area contributed by atoms with Gasteiger partial charge in [0.1, 0.15) is 0 Å². The highest BCUT2D eigenvalue weighted by atomic mass is 16.2. The molecule has 0 bridgehead atoms. The van der Waals surface area contributed by atoms with Gasteiger partial charge in [0.2, 0.25) is 0 Å². The van der Waals surface area contributed by atoms with E-state index in [1.807, 2.05) is 4.90 Å². The van der Waals surface area contributed by atoms with Crippen LogP contribution < -0.4 is 0 Å². The van der Waals surface area contributed by atoms with Crippen LogP contribution in [-0.2, 0) is 0 Å². The third kappa shape index (κ3) is 2.65. The zero-order valence-electron chi connectivity index (χ0n) is 10.7. The van der Waals surface area contributed by atoms with Crippen LogP contribution in [0.25, 0.3) is 0 Å². The van der Waals surface area contributed by atoms with Crippen LogP contribution in [0.4, 0.5) is 0 Å². The molecule has 0 spiro atoms. The molecule has 17 heavy (non-hydrogen) atoms. The minimum absolute atomic E-state index is 0.00823. The number of hydrogen-bond acceptors (Lipinski definition) is 3. The largest absolute Gasteiger partial charge is 0.337 e. The van der Waals surface area contributed by atoms with E-state index in [0.29, 0.717) is 17.0 Å². The summed E-state index contributed by atoms with van der Waals surface area (Å²) in [5, 5.41) is 9.98. The van der Waals surface area contributed by atoms with E-state index in [1.54, 1.807) is 0 Å². The van der Waals surface area contributed by atoms with Crippen LogP contribution in [0.2, 0.25) is 0 Å². The SMILES string of the molecule is CC(C)(C)C1CCN(C(=O)c2cn[nH]n2)CC1. The number of nitrogens with one attached hydrogen (secondary N) is 1. The minimum atomic E-state index is -0.00823. The molecule has 94 valence electrons. The third-order valence-electron chi connectivity index (χ3n) is 3.64. The summed E-state index contributed by atoms with van der Waals surface area (Å²) >= 11 is 0. The fourth-order valence-corrected chi connectivity index (χ4v) is 2.42. The second-order valence-corrected chi connectivity index (χ2v) is 5.79. The van der Waals surface area contributed by atoms with Crippen LogP contribution in [0.3, 0.4) is 0 Å². The molecule has 0 atom stereocenters. The maximum Gasteiger partial charge on any atom is 0.276 e. The van der Waals surface area contributed by atoms with Crippen molar-refractivity contribution in [3.8, 4) is 0 Å². The summed E-state index contributed by atoms with van der Waals surface area (Å²) in [5.74, 6) is 0.690. The molecule has 1 N–H and O–H groups in total. The maximum atomic E-state index is 12.0. The van der Waals surface area contributed by atoms with Gasteiger partial charge in [0.25, 0.3) is 5.91 Å². The zero-order chi connectivity index (χ0) is 12.5. The number of piperidine rings is 1. The Hall–Kier alpha value is -1.39. The lowest BCUT2D eigenvalue weighted by atomic mass is 9.75. The van der Waals surface area contributed by atoms with Gasteiger partial charge < -0.3 is 4.90 Å². The first-order chi connectivity index (χ1) is 7.98. The normalized spacial score (nSPS) is 18.4. The Morgan fingerprint density at radius 3 is 2.53 bits per heavy atom. The predicted octanol–water partition coefficient (Wildman–Crippen LogP) is 1.70. The van der Waals surface area contributed by atoms with E-state index in [9.17, 15) is 4.79 Å². The second kappa shape index (κ2) is 4.47. The van der Waals surface area contributed by atoms with Crippen LogP contribution >= 0.6 is 0 Å². The molecule has 1 aliphatic heterocycles. The molecule has 5 heteroatoms. The van der Waals surface area contributed by atoms with Crippen LogP contribution in [0.15, 0.2) is 6.20 Å². The standard InChI is InChI=1S/C12H20N4O/c1-12(2,3)9-4-6-16(7-5-9)11(17)10-8-13-15-14-10/h8-9H,4-7H2,1-3H3,(H,13,14,15). The van der Waals surface area contributed by atoms with Crippen LogP contribution in [-0.4, -0.2) is 39.3 Å². The minimum Gasteiger partial charge on any atom is -0.337 e. The van der Waals surface area contributed by atoms with E-state index >= 15 is 0 Å². The number of rotatable bonds is 1. The molecule has 1 aromatic rings. The van der Waals surface area contributed by atoms with E-state index in [2.05, 4.69) is 36.2 Å². The van der Waals surface area contributed by atoms with Crippen molar-refractivity contribution in [3.05, 3.63) is 11.9 Å². The molecule has 2 heterocycles. The third-order valence-corrected chi connectivity index (χ3v) is 3.64. The summed E-state index contributed by atoms with van der Waals surface area (Å²) in [4.78, 5) is 13.9. The van der Waals surface area contributed by atoms with Gasteiger partial charge in [-0.2, -0.15) is 15.4 Å². The number of amides is 1.